The van der Waals surface area contributed by atoms with Crippen LogP contribution in [-0.4, -0.2) is 27.1 Å². The maximum Gasteiger partial charge on any atom is 0.231 e. The summed E-state index contributed by atoms with van der Waals surface area (Å²) in [6.07, 6.45) is 2.57. The van der Waals surface area contributed by atoms with Gasteiger partial charge in [-0.15, -0.1) is 6.58 Å². The molecular formula is C13H16O4. The lowest BCUT2D eigenvalue weighted by Crippen LogP contribution is -2.05. The molecule has 92 valence electrons. The minimum absolute atomic E-state index is 0.268. The molecule has 0 atom stereocenters. The van der Waals surface area contributed by atoms with Crippen molar-refractivity contribution in [2.75, 3.05) is 27.1 Å². The number of allylic oxidation sites excluding steroid dienone is 1. The van der Waals surface area contributed by atoms with Crippen LogP contribution in [0.2, 0.25) is 0 Å². The fourth-order valence-electron chi connectivity index (χ4n) is 1.65. The van der Waals surface area contributed by atoms with Crippen LogP contribution in [0, 0.1) is 0 Å². The molecule has 4 heteroatoms. The lowest BCUT2D eigenvalue weighted by molar-refractivity contribution is 0.145. The van der Waals surface area contributed by atoms with Crippen molar-refractivity contribution in [2.24, 2.45) is 0 Å². The normalized spacial score (nSPS) is 12.5. The minimum Gasteiger partial charge on any atom is -0.491 e. The number of hydrogen-bond donors (Lipinski definition) is 0. The highest BCUT2D eigenvalue weighted by Gasteiger charge is 2.17. The summed E-state index contributed by atoms with van der Waals surface area (Å²) >= 11 is 0. The molecule has 0 saturated carbocycles. The van der Waals surface area contributed by atoms with Crippen molar-refractivity contribution in [3.63, 3.8) is 0 Å². The molecule has 0 radical (unpaired) electrons. The van der Waals surface area contributed by atoms with E-state index >= 15 is 0 Å². The molecule has 0 amide bonds. The third-order valence-electron chi connectivity index (χ3n) is 2.46. The first-order chi connectivity index (χ1) is 8.35. The highest BCUT2D eigenvalue weighted by Crippen LogP contribution is 2.38. The SMILES string of the molecule is C=CCc1cc2c(cc1OCCOC)OCO2. The molecule has 4 nitrogen and oxygen atoms in total. The van der Waals surface area contributed by atoms with E-state index in [9.17, 15) is 0 Å². The highest BCUT2D eigenvalue weighted by molar-refractivity contribution is 5.52. The van der Waals surface area contributed by atoms with E-state index in [-0.39, 0.29) is 6.79 Å². The summed E-state index contributed by atoms with van der Waals surface area (Å²) in [6.45, 7) is 5.07. The summed E-state index contributed by atoms with van der Waals surface area (Å²) in [6, 6.07) is 3.79. The molecule has 17 heavy (non-hydrogen) atoms. The molecule has 0 N–H and O–H groups in total. The van der Waals surface area contributed by atoms with E-state index in [0.717, 1.165) is 29.2 Å². The van der Waals surface area contributed by atoms with Crippen LogP contribution in [0.15, 0.2) is 24.8 Å². The Kier molecular flexibility index (Phi) is 3.88. The second-order valence-corrected chi connectivity index (χ2v) is 3.65. The van der Waals surface area contributed by atoms with Crippen LogP contribution in [0.25, 0.3) is 0 Å². The number of benzene rings is 1. The summed E-state index contributed by atoms with van der Waals surface area (Å²) in [5.74, 6) is 2.29. The van der Waals surface area contributed by atoms with Crippen molar-refractivity contribution in [1.82, 2.24) is 0 Å². The quantitative estimate of drug-likeness (QED) is 0.560. The number of hydrogen-bond acceptors (Lipinski definition) is 4. The molecule has 0 saturated heterocycles. The van der Waals surface area contributed by atoms with Crippen molar-refractivity contribution in [3.05, 3.63) is 30.4 Å². The maximum atomic E-state index is 5.65. The third-order valence-corrected chi connectivity index (χ3v) is 2.46. The molecule has 0 aromatic heterocycles. The molecular weight excluding hydrogens is 220 g/mol. The van der Waals surface area contributed by atoms with Crippen LogP contribution in [-0.2, 0) is 11.2 Å². The van der Waals surface area contributed by atoms with Crippen LogP contribution in [0.5, 0.6) is 17.2 Å². The van der Waals surface area contributed by atoms with Gasteiger partial charge in [0.25, 0.3) is 0 Å². The van der Waals surface area contributed by atoms with Gasteiger partial charge in [-0.3, -0.25) is 0 Å². The smallest absolute Gasteiger partial charge is 0.231 e. The molecule has 1 heterocycles. The molecule has 1 aromatic rings. The zero-order valence-corrected chi connectivity index (χ0v) is 9.90. The van der Waals surface area contributed by atoms with E-state index in [0.29, 0.717) is 13.2 Å². The summed E-state index contributed by atoms with van der Waals surface area (Å²) < 4.78 is 21.3. The van der Waals surface area contributed by atoms with E-state index in [1.54, 1.807) is 7.11 Å². The van der Waals surface area contributed by atoms with Gasteiger partial charge >= 0.3 is 0 Å². The second-order valence-electron chi connectivity index (χ2n) is 3.65. The van der Waals surface area contributed by atoms with Gasteiger partial charge in [0.2, 0.25) is 6.79 Å². The Labute approximate surface area is 101 Å². The molecule has 1 aliphatic heterocycles. The standard InChI is InChI=1S/C13H16O4/c1-3-4-10-7-12-13(17-9-16-12)8-11(10)15-6-5-14-2/h3,7-8H,1,4-6,9H2,2H3. The number of methoxy groups -OCH3 is 1. The van der Waals surface area contributed by atoms with Crippen LogP contribution in [0.3, 0.4) is 0 Å². The van der Waals surface area contributed by atoms with Gasteiger partial charge < -0.3 is 18.9 Å². The zero-order chi connectivity index (χ0) is 12.1. The summed E-state index contributed by atoms with van der Waals surface area (Å²) in [5.41, 5.74) is 1.04. The van der Waals surface area contributed by atoms with Gasteiger partial charge in [0, 0.05) is 18.7 Å². The molecule has 0 unspecified atom stereocenters. The first-order valence-electron chi connectivity index (χ1n) is 5.50. The van der Waals surface area contributed by atoms with E-state index in [4.69, 9.17) is 18.9 Å². The fraction of sp³-hybridized carbons (Fsp3) is 0.385. The zero-order valence-electron chi connectivity index (χ0n) is 9.90. The Bertz CT molecular complexity index is 401. The van der Waals surface area contributed by atoms with Crippen LogP contribution >= 0.6 is 0 Å². The Balaban J connectivity index is 2.18. The van der Waals surface area contributed by atoms with E-state index in [1.165, 1.54) is 0 Å². The number of ether oxygens (including phenoxy) is 4. The predicted molar refractivity (Wildman–Crippen MR) is 63.8 cm³/mol. The molecule has 0 bridgehead atoms. The first-order valence-corrected chi connectivity index (χ1v) is 5.50. The average Bonchev–Trinajstić information content (AvgIpc) is 2.77. The van der Waals surface area contributed by atoms with Gasteiger partial charge in [-0.2, -0.15) is 0 Å². The van der Waals surface area contributed by atoms with Gasteiger partial charge in [0.15, 0.2) is 11.5 Å². The lowest BCUT2D eigenvalue weighted by Gasteiger charge is -2.11. The monoisotopic (exact) mass is 236 g/mol. The van der Waals surface area contributed by atoms with Gasteiger partial charge in [0.05, 0.1) is 6.61 Å². The van der Waals surface area contributed by atoms with Crippen molar-refractivity contribution in [2.45, 2.75) is 6.42 Å². The van der Waals surface area contributed by atoms with E-state index in [2.05, 4.69) is 6.58 Å². The van der Waals surface area contributed by atoms with Gasteiger partial charge in [-0.25, -0.2) is 0 Å². The van der Waals surface area contributed by atoms with E-state index < -0.39 is 0 Å². The van der Waals surface area contributed by atoms with Crippen LogP contribution < -0.4 is 14.2 Å². The Hall–Kier alpha value is -1.68. The second kappa shape index (κ2) is 5.59. The largest absolute Gasteiger partial charge is 0.491 e. The Morgan fingerprint density at radius 3 is 2.76 bits per heavy atom. The van der Waals surface area contributed by atoms with Crippen molar-refractivity contribution in [3.8, 4) is 17.2 Å². The summed E-state index contributed by atoms with van der Waals surface area (Å²) in [7, 11) is 1.65. The predicted octanol–water partition coefficient (Wildman–Crippen LogP) is 2.17. The van der Waals surface area contributed by atoms with E-state index in [1.807, 2.05) is 18.2 Å². The van der Waals surface area contributed by atoms with Crippen molar-refractivity contribution in [1.29, 1.82) is 0 Å². The lowest BCUT2D eigenvalue weighted by atomic mass is 10.1. The highest BCUT2D eigenvalue weighted by atomic mass is 16.7. The van der Waals surface area contributed by atoms with Gasteiger partial charge in [-0.05, 0) is 12.5 Å². The number of rotatable bonds is 6. The van der Waals surface area contributed by atoms with Crippen molar-refractivity contribution < 1.29 is 18.9 Å². The molecule has 0 spiro atoms. The first kappa shape index (κ1) is 11.8. The summed E-state index contributed by atoms with van der Waals surface area (Å²) in [4.78, 5) is 0. The molecule has 0 fully saturated rings. The topological polar surface area (TPSA) is 36.9 Å². The van der Waals surface area contributed by atoms with Gasteiger partial charge in [-0.1, -0.05) is 6.08 Å². The summed E-state index contributed by atoms with van der Waals surface area (Å²) in [5, 5.41) is 0. The van der Waals surface area contributed by atoms with Gasteiger partial charge in [0.1, 0.15) is 12.4 Å². The molecule has 1 aliphatic rings. The number of fused-ring (bicyclic) bond motifs is 1. The third kappa shape index (κ3) is 2.71. The molecule has 1 aromatic carbocycles. The van der Waals surface area contributed by atoms with Crippen LogP contribution in [0.4, 0.5) is 0 Å². The Morgan fingerprint density at radius 2 is 2.06 bits per heavy atom. The maximum absolute atomic E-state index is 5.65. The van der Waals surface area contributed by atoms with Crippen molar-refractivity contribution >= 4 is 0 Å². The average molecular weight is 236 g/mol. The molecule has 2 rings (SSSR count). The van der Waals surface area contributed by atoms with Crippen LogP contribution in [0.1, 0.15) is 5.56 Å². The molecule has 0 aliphatic carbocycles. The fourth-order valence-corrected chi connectivity index (χ4v) is 1.65. The minimum atomic E-state index is 0.268. The Morgan fingerprint density at radius 1 is 1.29 bits per heavy atom.